The fourth-order valence-corrected chi connectivity index (χ4v) is 2.08. The van der Waals surface area contributed by atoms with Crippen LogP contribution in [0.2, 0.25) is 0 Å². The molecule has 0 heterocycles. The molecule has 1 rings (SSSR count). The van der Waals surface area contributed by atoms with Crippen LogP contribution in [0.1, 0.15) is 33.6 Å². The lowest BCUT2D eigenvalue weighted by Crippen LogP contribution is -2.30. The van der Waals surface area contributed by atoms with Gasteiger partial charge in [0.2, 0.25) is 0 Å². The monoisotopic (exact) mass is 288 g/mol. The minimum atomic E-state index is -0.302. The lowest BCUT2D eigenvalue weighted by molar-refractivity contribution is 0.510. The molecule has 0 amide bonds. The standard InChI is InChI=1S/C12H18BrFN2/c1-4-5-12(2,3)16-11-7-9(14)8(13)6-10(11)15/h6-7,16H,4-5,15H2,1-3H3. The number of anilines is 2. The maximum atomic E-state index is 13.4. The van der Waals surface area contributed by atoms with Crippen molar-refractivity contribution in [2.24, 2.45) is 0 Å². The van der Waals surface area contributed by atoms with Gasteiger partial charge >= 0.3 is 0 Å². The van der Waals surface area contributed by atoms with Gasteiger partial charge in [-0.3, -0.25) is 0 Å². The predicted molar refractivity (Wildman–Crippen MR) is 71.1 cm³/mol. The summed E-state index contributed by atoms with van der Waals surface area (Å²) in [6.07, 6.45) is 2.07. The fourth-order valence-electron chi connectivity index (χ4n) is 1.72. The summed E-state index contributed by atoms with van der Waals surface area (Å²) in [5.74, 6) is -0.302. The van der Waals surface area contributed by atoms with Gasteiger partial charge in [0.15, 0.2) is 0 Å². The van der Waals surface area contributed by atoms with Crippen molar-refractivity contribution in [2.45, 2.75) is 39.2 Å². The zero-order chi connectivity index (χ0) is 12.3. The number of nitrogens with two attached hydrogens (primary N) is 1. The Balaban J connectivity index is 2.93. The van der Waals surface area contributed by atoms with Crippen LogP contribution in [0, 0.1) is 5.82 Å². The Hall–Kier alpha value is -0.770. The van der Waals surface area contributed by atoms with E-state index in [-0.39, 0.29) is 11.4 Å². The highest BCUT2D eigenvalue weighted by atomic mass is 79.9. The van der Waals surface area contributed by atoms with Crippen molar-refractivity contribution >= 4 is 27.3 Å². The van der Waals surface area contributed by atoms with Crippen LogP contribution in [-0.2, 0) is 0 Å². The van der Waals surface area contributed by atoms with Crippen molar-refractivity contribution in [1.82, 2.24) is 0 Å². The zero-order valence-electron chi connectivity index (χ0n) is 9.90. The van der Waals surface area contributed by atoms with Crippen molar-refractivity contribution in [3.05, 3.63) is 22.4 Å². The van der Waals surface area contributed by atoms with Gasteiger partial charge in [-0.15, -0.1) is 0 Å². The Morgan fingerprint density at radius 2 is 2.06 bits per heavy atom. The van der Waals surface area contributed by atoms with E-state index in [1.807, 2.05) is 0 Å². The summed E-state index contributed by atoms with van der Waals surface area (Å²) >= 11 is 3.11. The second-order valence-electron chi connectivity index (χ2n) is 4.61. The van der Waals surface area contributed by atoms with E-state index in [1.54, 1.807) is 6.07 Å². The van der Waals surface area contributed by atoms with E-state index in [1.165, 1.54) is 6.07 Å². The van der Waals surface area contributed by atoms with Crippen LogP contribution in [0.5, 0.6) is 0 Å². The van der Waals surface area contributed by atoms with Gasteiger partial charge in [-0.25, -0.2) is 4.39 Å². The van der Waals surface area contributed by atoms with Gasteiger partial charge < -0.3 is 11.1 Å². The Bertz CT molecular complexity index is 378. The van der Waals surface area contributed by atoms with E-state index in [2.05, 4.69) is 42.0 Å². The summed E-state index contributed by atoms with van der Waals surface area (Å²) in [5, 5.41) is 3.27. The quantitative estimate of drug-likeness (QED) is 0.817. The minimum absolute atomic E-state index is 0.0802. The van der Waals surface area contributed by atoms with Crippen LogP contribution >= 0.6 is 15.9 Å². The van der Waals surface area contributed by atoms with E-state index in [9.17, 15) is 4.39 Å². The molecule has 0 unspecified atom stereocenters. The molecule has 2 nitrogen and oxygen atoms in total. The van der Waals surface area contributed by atoms with E-state index in [0.29, 0.717) is 15.8 Å². The molecule has 0 aliphatic heterocycles. The van der Waals surface area contributed by atoms with E-state index < -0.39 is 0 Å². The molecule has 0 aromatic heterocycles. The average Bonchev–Trinajstić information content (AvgIpc) is 2.13. The third kappa shape index (κ3) is 3.37. The first-order valence-corrected chi connectivity index (χ1v) is 6.17. The van der Waals surface area contributed by atoms with Crippen LogP contribution in [0.4, 0.5) is 15.8 Å². The van der Waals surface area contributed by atoms with Gasteiger partial charge in [-0.2, -0.15) is 0 Å². The van der Waals surface area contributed by atoms with Crippen molar-refractivity contribution in [1.29, 1.82) is 0 Å². The van der Waals surface area contributed by atoms with Gasteiger partial charge in [0.25, 0.3) is 0 Å². The third-order valence-electron chi connectivity index (χ3n) is 2.44. The lowest BCUT2D eigenvalue weighted by Gasteiger charge is -2.28. The van der Waals surface area contributed by atoms with Crippen LogP contribution in [0.25, 0.3) is 0 Å². The smallest absolute Gasteiger partial charge is 0.139 e. The number of hydrogen-bond acceptors (Lipinski definition) is 2. The molecule has 0 spiro atoms. The van der Waals surface area contributed by atoms with Gasteiger partial charge in [-0.05, 0) is 42.3 Å². The SMILES string of the molecule is CCCC(C)(C)Nc1cc(F)c(Br)cc1N. The van der Waals surface area contributed by atoms with E-state index in [4.69, 9.17) is 5.73 Å². The molecule has 0 bridgehead atoms. The first-order valence-electron chi connectivity index (χ1n) is 5.38. The molecule has 1 aromatic rings. The third-order valence-corrected chi connectivity index (χ3v) is 3.05. The summed E-state index contributed by atoms with van der Waals surface area (Å²) in [5.41, 5.74) is 6.96. The largest absolute Gasteiger partial charge is 0.397 e. The molecular formula is C12H18BrFN2. The molecule has 90 valence electrons. The minimum Gasteiger partial charge on any atom is -0.397 e. The van der Waals surface area contributed by atoms with Crippen molar-refractivity contribution in [3.63, 3.8) is 0 Å². The Morgan fingerprint density at radius 3 is 2.62 bits per heavy atom. The molecule has 16 heavy (non-hydrogen) atoms. The highest BCUT2D eigenvalue weighted by Gasteiger charge is 2.18. The van der Waals surface area contributed by atoms with Gasteiger partial charge in [-0.1, -0.05) is 13.3 Å². The van der Waals surface area contributed by atoms with E-state index >= 15 is 0 Å². The summed E-state index contributed by atoms with van der Waals surface area (Å²) in [4.78, 5) is 0. The number of nitrogen functional groups attached to an aromatic ring is 1. The summed E-state index contributed by atoms with van der Waals surface area (Å²) < 4.78 is 13.8. The summed E-state index contributed by atoms with van der Waals surface area (Å²) in [7, 11) is 0. The number of hydrogen-bond donors (Lipinski definition) is 2. The second-order valence-corrected chi connectivity index (χ2v) is 5.47. The zero-order valence-corrected chi connectivity index (χ0v) is 11.5. The van der Waals surface area contributed by atoms with Crippen molar-refractivity contribution < 1.29 is 4.39 Å². The van der Waals surface area contributed by atoms with Crippen molar-refractivity contribution in [2.75, 3.05) is 11.1 Å². The Labute approximate surface area is 105 Å². The lowest BCUT2D eigenvalue weighted by atomic mass is 9.98. The number of nitrogens with one attached hydrogen (secondary N) is 1. The average molecular weight is 289 g/mol. The molecule has 0 saturated carbocycles. The van der Waals surface area contributed by atoms with Gasteiger partial charge in [0, 0.05) is 11.6 Å². The van der Waals surface area contributed by atoms with Gasteiger partial charge in [0.1, 0.15) is 5.82 Å². The molecule has 0 atom stereocenters. The van der Waals surface area contributed by atoms with Crippen LogP contribution < -0.4 is 11.1 Å². The van der Waals surface area contributed by atoms with Gasteiger partial charge in [0.05, 0.1) is 15.8 Å². The van der Waals surface area contributed by atoms with Crippen LogP contribution in [0.3, 0.4) is 0 Å². The number of rotatable bonds is 4. The summed E-state index contributed by atoms with van der Waals surface area (Å²) in [6.45, 7) is 6.28. The van der Waals surface area contributed by atoms with Crippen LogP contribution in [0.15, 0.2) is 16.6 Å². The highest BCUT2D eigenvalue weighted by molar-refractivity contribution is 9.10. The first-order chi connectivity index (χ1) is 7.35. The van der Waals surface area contributed by atoms with Crippen molar-refractivity contribution in [3.8, 4) is 0 Å². The first kappa shape index (κ1) is 13.3. The maximum absolute atomic E-state index is 13.4. The summed E-state index contributed by atoms with van der Waals surface area (Å²) in [6, 6.07) is 3.01. The van der Waals surface area contributed by atoms with Crippen LogP contribution in [-0.4, -0.2) is 5.54 Å². The molecule has 4 heteroatoms. The Kier molecular flexibility index (Phi) is 4.19. The Morgan fingerprint density at radius 1 is 1.44 bits per heavy atom. The molecule has 3 N–H and O–H groups in total. The molecule has 0 radical (unpaired) electrons. The molecule has 0 fully saturated rings. The topological polar surface area (TPSA) is 38.0 Å². The maximum Gasteiger partial charge on any atom is 0.139 e. The molecule has 0 aliphatic rings. The second kappa shape index (κ2) is 5.04. The number of halogens is 2. The van der Waals surface area contributed by atoms with E-state index in [0.717, 1.165) is 12.8 Å². The predicted octanol–water partition coefficient (Wildman–Crippen LogP) is 4.16. The molecule has 0 saturated heterocycles. The highest BCUT2D eigenvalue weighted by Crippen LogP contribution is 2.29. The molecule has 0 aliphatic carbocycles. The normalized spacial score (nSPS) is 11.6. The number of benzene rings is 1. The molecular weight excluding hydrogens is 271 g/mol. The fraction of sp³-hybridized carbons (Fsp3) is 0.500. The molecule has 1 aromatic carbocycles.